The van der Waals surface area contributed by atoms with Crippen molar-refractivity contribution in [1.29, 1.82) is 0 Å². The lowest BCUT2D eigenvalue weighted by molar-refractivity contribution is 0.406. The Morgan fingerprint density at radius 2 is 2.05 bits per heavy atom. The van der Waals surface area contributed by atoms with Crippen LogP contribution in [0.1, 0.15) is 35.5 Å². The minimum Gasteiger partial charge on any atom is -0.496 e. The van der Waals surface area contributed by atoms with Crippen LogP contribution >= 0.6 is 0 Å². The predicted octanol–water partition coefficient (Wildman–Crippen LogP) is 2.58. The van der Waals surface area contributed by atoms with Gasteiger partial charge in [-0.05, 0) is 32.9 Å². The van der Waals surface area contributed by atoms with E-state index < -0.39 is 0 Å². The van der Waals surface area contributed by atoms with Gasteiger partial charge in [0.15, 0.2) is 0 Å². The van der Waals surface area contributed by atoms with Gasteiger partial charge in [0.1, 0.15) is 5.75 Å². The molecule has 0 bridgehead atoms. The lowest BCUT2D eigenvalue weighted by atomic mass is 10.0. The van der Waals surface area contributed by atoms with Crippen molar-refractivity contribution >= 4 is 0 Å². The normalized spacial score (nSPS) is 12.5. The fourth-order valence-corrected chi connectivity index (χ4v) is 2.33. The molecule has 102 valence electrons. The van der Waals surface area contributed by atoms with E-state index in [0.717, 1.165) is 29.2 Å². The van der Waals surface area contributed by atoms with Gasteiger partial charge in [-0.1, -0.05) is 17.7 Å². The van der Waals surface area contributed by atoms with E-state index in [2.05, 4.69) is 25.0 Å². The molecule has 1 unspecified atom stereocenters. The summed E-state index contributed by atoms with van der Waals surface area (Å²) in [6.07, 6.45) is 0. The summed E-state index contributed by atoms with van der Waals surface area (Å²) in [5, 5.41) is 4.45. The first-order valence-electron chi connectivity index (χ1n) is 6.51. The quantitative estimate of drug-likeness (QED) is 0.918. The van der Waals surface area contributed by atoms with Crippen LogP contribution < -0.4 is 10.5 Å². The summed E-state index contributed by atoms with van der Waals surface area (Å²) in [6, 6.07) is 7.87. The highest BCUT2D eigenvalue weighted by molar-refractivity contribution is 5.42. The molecular formula is C15H21N3O. The molecule has 4 heteroatoms. The predicted molar refractivity (Wildman–Crippen MR) is 76.4 cm³/mol. The monoisotopic (exact) mass is 259 g/mol. The van der Waals surface area contributed by atoms with Gasteiger partial charge < -0.3 is 10.5 Å². The van der Waals surface area contributed by atoms with E-state index in [0.29, 0.717) is 0 Å². The number of ether oxygens (including phenoxy) is 1. The summed E-state index contributed by atoms with van der Waals surface area (Å²) in [6.45, 7) is 6.91. The molecule has 1 aromatic carbocycles. The molecule has 4 nitrogen and oxygen atoms in total. The fourth-order valence-electron chi connectivity index (χ4n) is 2.33. The van der Waals surface area contributed by atoms with Crippen LogP contribution in [-0.4, -0.2) is 16.9 Å². The summed E-state index contributed by atoms with van der Waals surface area (Å²) in [5.74, 6) is 0.819. The van der Waals surface area contributed by atoms with Gasteiger partial charge in [-0.2, -0.15) is 5.10 Å². The second-order valence-corrected chi connectivity index (χ2v) is 4.75. The van der Waals surface area contributed by atoms with Crippen molar-refractivity contribution in [2.24, 2.45) is 5.73 Å². The molecule has 0 radical (unpaired) electrons. The number of nitrogens with two attached hydrogens (primary N) is 1. The highest BCUT2D eigenvalue weighted by atomic mass is 16.5. The zero-order chi connectivity index (χ0) is 14.0. The van der Waals surface area contributed by atoms with Gasteiger partial charge in [-0.25, -0.2) is 0 Å². The zero-order valence-corrected chi connectivity index (χ0v) is 12.0. The van der Waals surface area contributed by atoms with Gasteiger partial charge in [0.25, 0.3) is 0 Å². The molecule has 1 heterocycles. The molecule has 0 saturated carbocycles. The van der Waals surface area contributed by atoms with E-state index in [9.17, 15) is 0 Å². The number of rotatable bonds is 4. The van der Waals surface area contributed by atoms with Gasteiger partial charge in [-0.15, -0.1) is 0 Å². The minimum absolute atomic E-state index is 0.226. The Morgan fingerprint density at radius 1 is 1.32 bits per heavy atom. The first kappa shape index (κ1) is 13.6. The molecule has 2 aromatic rings. The first-order valence-corrected chi connectivity index (χ1v) is 6.51. The molecule has 1 atom stereocenters. The number of hydrogen-bond acceptors (Lipinski definition) is 3. The van der Waals surface area contributed by atoms with Gasteiger partial charge in [-0.3, -0.25) is 4.68 Å². The Morgan fingerprint density at radius 3 is 2.68 bits per heavy atom. The van der Waals surface area contributed by atoms with Crippen LogP contribution in [0.3, 0.4) is 0 Å². The third-order valence-corrected chi connectivity index (χ3v) is 3.27. The molecular weight excluding hydrogens is 238 g/mol. The number of methoxy groups -OCH3 is 1. The number of aromatic nitrogens is 2. The Kier molecular flexibility index (Phi) is 3.90. The molecule has 0 fully saturated rings. The van der Waals surface area contributed by atoms with Crippen LogP contribution in [0.4, 0.5) is 0 Å². The Balaban J connectivity index is 2.48. The van der Waals surface area contributed by atoms with Crippen molar-refractivity contribution in [3.63, 3.8) is 0 Å². The molecule has 0 spiro atoms. The average molecular weight is 259 g/mol. The van der Waals surface area contributed by atoms with E-state index in [1.807, 2.05) is 29.8 Å². The van der Waals surface area contributed by atoms with Crippen LogP contribution in [0.2, 0.25) is 0 Å². The average Bonchev–Trinajstić information content (AvgIpc) is 2.79. The highest BCUT2D eigenvalue weighted by Crippen LogP contribution is 2.29. The van der Waals surface area contributed by atoms with Crippen molar-refractivity contribution in [3.8, 4) is 5.75 Å². The van der Waals surface area contributed by atoms with E-state index in [4.69, 9.17) is 10.5 Å². The summed E-state index contributed by atoms with van der Waals surface area (Å²) >= 11 is 0. The largest absolute Gasteiger partial charge is 0.496 e. The van der Waals surface area contributed by atoms with E-state index in [1.165, 1.54) is 5.56 Å². The fraction of sp³-hybridized carbons (Fsp3) is 0.400. The maximum absolute atomic E-state index is 6.41. The van der Waals surface area contributed by atoms with Crippen molar-refractivity contribution in [3.05, 3.63) is 46.8 Å². The van der Waals surface area contributed by atoms with Gasteiger partial charge >= 0.3 is 0 Å². The molecule has 2 rings (SSSR count). The van der Waals surface area contributed by atoms with Gasteiger partial charge in [0.2, 0.25) is 0 Å². The maximum atomic E-state index is 6.41. The molecule has 2 N–H and O–H groups in total. The molecule has 0 aliphatic carbocycles. The van der Waals surface area contributed by atoms with Crippen LogP contribution in [0.25, 0.3) is 0 Å². The molecule has 0 saturated heterocycles. The molecule has 0 aliphatic rings. The van der Waals surface area contributed by atoms with E-state index in [1.54, 1.807) is 7.11 Å². The molecule has 1 aromatic heterocycles. The van der Waals surface area contributed by atoms with Gasteiger partial charge in [0.05, 0.1) is 24.5 Å². The number of benzene rings is 1. The van der Waals surface area contributed by atoms with E-state index in [-0.39, 0.29) is 6.04 Å². The van der Waals surface area contributed by atoms with Crippen LogP contribution in [0.5, 0.6) is 5.75 Å². The standard InChI is InChI=1S/C15H21N3O/c1-5-18-13(9-11(3)17-18)15(16)12-8-10(2)6-7-14(12)19-4/h6-9,15H,5,16H2,1-4H3. The Bertz CT molecular complexity index is 575. The second-order valence-electron chi connectivity index (χ2n) is 4.75. The van der Waals surface area contributed by atoms with Crippen LogP contribution in [-0.2, 0) is 6.54 Å². The number of aryl methyl sites for hydroxylation is 3. The molecule has 0 amide bonds. The van der Waals surface area contributed by atoms with Crippen molar-refractivity contribution < 1.29 is 4.74 Å². The maximum Gasteiger partial charge on any atom is 0.124 e. The van der Waals surface area contributed by atoms with Crippen molar-refractivity contribution in [2.45, 2.75) is 33.4 Å². The minimum atomic E-state index is -0.226. The first-order chi connectivity index (χ1) is 9.06. The van der Waals surface area contributed by atoms with Crippen LogP contribution in [0.15, 0.2) is 24.3 Å². The second kappa shape index (κ2) is 5.45. The summed E-state index contributed by atoms with van der Waals surface area (Å²) in [4.78, 5) is 0. The lowest BCUT2D eigenvalue weighted by Gasteiger charge is -2.17. The van der Waals surface area contributed by atoms with Crippen LogP contribution in [0, 0.1) is 13.8 Å². The smallest absolute Gasteiger partial charge is 0.124 e. The van der Waals surface area contributed by atoms with Crippen molar-refractivity contribution in [1.82, 2.24) is 9.78 Å². The lowest BCUT2D eigenvalue weighted by Crippen LogP contribution is -2.18. The molecule has 19 heavy (non-hydrogen) atoms. The van der Waals surface area contributed by atoms with E-state index >= 15 is 0 Å². The SMILES string of the molecule is CCn1nc(C)cc1C(N)c1cc(C)ccc1OC. The Hall–Kier alpha value is -1.81. The Labute approximate surface area is 114 Å². The summed E-state index contributed by atoms with van der Waals surface area (Å²) in [7, 11) is 1.67. The van der Waals surface area contributed by atoms with Gasteiger partial charge in [0, 0.05) is 12.1 Å². The molecule has 0 aliphatic heterocycles. The third kappa shape index (κ3) is 2.63. The topological polar surface area (TPSA) is 53.1 Å². The number of hydrogen-bond donors (Lipinski definition) is 1. The van der Waals surface area contributed by atoms with Crippen molar-refractivity contribution in [2.75, 3.05) is 7.11 Å². The number of nitrogens with zero attached hydrogens (tertiary/aromatic N) is 2. The summed E-state index contributed by atoms with van der Waals surface area (Å²) < 4.78 is 7.36. The zero-order valence-electron chi connectivity index (χ0n) is 12.0. The third-order valence-electron chi connectivity index (χ3n) is 3.27. The summed E-state index contributed by atoms with van der Waals surface area (Å²) in [5.41, 5.74) is 10.6. The highest BCUT2D eigenvalue weighted by Gasteiger charge is 2.18.